The van der Waals surface area contributed by atoms with E-state index in [2.05, 4.69) is 11.0 Å². The van der Waals surface area contributed by atoms with Crippen LogP contribution in [0.3, 0.4) is 0 Å². The Bertz CT molecular complexity index is 1180. The fraction of sp³-hybridized carbons (Fsp3) is 0.345. The molecule has 1 amide bonds. The lowest BCUT2D eigenvalue weighted by molar-refractivity contribution is 0.0627. The Labute approximate surface area is 212 Å². The molecule has 0 unspecified atom stereocenters. The molecule has 7 nitrogen and oxygen atoms in total. The summed E-state index contributed by atoms with van der Waals surface area (Å²) in [6.07, 6.45) is 0. The lowest BCUT2D eigenvalue weighted by Gasteiger charge is -2.35. The quantitative estimate of drug-likeness (QED) is 0.442. The van der Waals surface area contributed by atoms with Gasteiger partial charge in [-0.05, 0) is 48.4 Å². The van der Waals surface area contributed by atoms with Crippen LogP contribution in [-0.2, 0) is 24.5 Å². The standard InChI is InChI=1S/C29H32N2O5/c1-2-34-26-11-9-24(17-25(26)20-33-19-22-6-4-3-5-7-22)29(32)31-14-12-30(13-15-31)18-23-8-10-27-28(16-23)36-21-35-27/h3-11,16-17H,2,12-15,18-21H2,1H3. The molecule has 0 radical (unpaired) electrons. The van der Waals surface area contributed by atoms with Gasteiger partial charge in [0, 0.05) is 43.9 Å². The average Bonchev–Trinajstić information content (AvgIpc) is 3.38. The van der Waals surface area contributed by atoms with Gasteiger partial charge < -0.3 is 23.8 Å². The van der Waals surface area contributed by atoms with Crippen molar-refractivity contribution in [3.63, 3.8) is 0 Å². The molecule has 0 spiro atoms. The molecule has 2 aliphatic heterocycles. The van der Waals surface area contributed by atoms with Crippen LogP contribution >= 0.6 is 0 Å². The van der Waals surface area contributed by atoms with E-state index >= 15 is 0 Å². The van der Waals surface area contributed by atoms with E-state index < -0.39 is 0 Å². The fourth-order valence-corrected chi connectivity index (χ4v) is 4.56. The zero-order chi connectivity index (χ0) is 24.7. The first kappa shape index (κ1) is 24.2. The SMILES string of the molecule is CCOc1ccc(C(=O)N2CCN(Cc3ccc4c(c3)OCO4)CC2)cc1COCc1ccccc1. The van der Waals surface area contributed by atoms with E-state index in [-0.39, 0.29) is 12.7 Å². The average molecular weight is 489 g/mol. The first-order chi connectivity index (χ1) is 17.7. The van der Waals surface area contributed by atoms with Gasteiger partial charge >= 0.3 is 0 Å². The minimum Gasteiger partial charge on any atom is -0.494 e. The van der Waals surface area contributed by atoms with Crippen molar-refractivity contribution in [2.24, 2.45) is 0 Å². The van der Waals surface area contributed by atoms with E-state index in [1.165, 1.54) is 5.56 Å². The molecular weight excluding hydrogens is 456 g/mol. The number of hydrogen-bond acceptors (Lipinski definition) is 6. The van der Waals surface area contributed by atoms with Crippen LogP contribution < -0.4 is 14.2 Å². The van der Waals surface area contributed by atoms with Crippen molar-refractivity contribution in [2.45, 2.75) is 26.7 Å². The van der Waals surface area contributed by atoms with Crippen LogP contribution in [0, 0.1) is 0 Å². The van der Waals surface area contributed by atoms with Gasteiger partial charge in [-0.25, -0.2) is 0 Å². The summed E-state index contributed by atoms with van der Waals surface area (Å²) in [5, 5.41) is 0. The highest BCUT2D eigenvalue weighted by Gasteiger charge is 2.23. The van der Waals surface area contributed by atoms with E-state index in [0.717, 1.165) is 48.0 Å². The van der Waals surface area contributed by atoms with Crippen LogP contribution in [0.1, 0.15) is 34.0 Å². The number of piperazine rings is 1. The highest BCUT2D eigenvalue weighted by molar-refractivity contribution is 5.94. The second kappa shape index (κ2) is 11.5. The summed E-state index contributed by atoms with van der Waals surface area (Å²) < 4.78 is 22.6. The second-order valence-electron chi connectivity index (χ2n) is 8.99. The zero-order valence-electron chi connectivity index (χ0n) is 20.7. The summed E-state index contributed by atoms with van der Waals surface area (Å²) in [7, 11) is 0. The van der Waals surface area contributed by atoms with Crippen molar-refractivity contribution >= 4 is 5.91 Å². The molecule has 0 aromatic heterocycles. The number of carbonyl (C=O) groups is 1. The normalized spacial score (nSPS) is 15.2. The Morgan fingerprint density at radius 1 is 0.861 bits per heavy atom. The molecule has 1 fully saturated rings. The third kappa shape index (κ3) is 5.80. The van der Waals surface area contributed by atoms with Crippen LogP contribution in [0.2, 0.25) is 0 Å². The predicted molar refractivity (Wildman–Crippen MR) is 136 cm³/mol. The molecule has 3 aromatic carbocycles. The van der Waals surface area contributed by atoms with Gasteiger partial charge in [0.15, 0.2) is 11.5 Å². The fourth-order valence-electron chi connectivity index (χ4n) is 4.56. The van der Waals surface area contributed by atoms with Gasteiger partial charge in [0.2, 0.25) is 6.79 Å². The molecule has 3 aromatic rings. The minimum absolute atomic E-state index is 0.0464. The highest BCUT2D eigenvalue weighted by atomic mass is 16.7. The van der Waals surface area contributed by atoms with Crippen molar-refractivity contribution in [2.75, 3.05) is 39.6 Å². The minimum atomic E-state index is 0.0464. The number of amides is 1. The molecule has 0 atom stereocenters. The van der Waals surface area contributed by atoms with Gasteiger partial charge in [0.05, 0.1) is 19.8 Å². The summed E-state index contributed by atoms with van der Waals surface area (Å²) in [4.78, 5) is 17.6. The van der Waals surface area contributed by atoms with Crippen LogP contribution in [-0.4, -0.2) is 55.3 Å². The molecule has 2 heterocycles. The van der Waals surface area contributed by atoms with Crippen molar-refractivity contribution < 1.29 is 23.7 Å². The molecular formula is C29H32N2O5. The topological polar surface area (TPSA) is 60.5 Å². The maximum absolute atomic E-state index is 13.3. The molecule has 1 saturated heterocycles. The van der Waals surface area contributed by atoms with Crippen molar-refractivity contribution in [3.8, 4) is 17.2 Å². The molecule has 0 saturated carbocycles. The maximum Gasteiger partial charge on any atom is 0.253 e. The number of fused-ring (bicyclic) bond motifs is 1. The van der Waals surface area contributed by atoms with E-state index in [1.54, 1.807) is 0 Å². The number of carbonyl (C=O) groups excluding carboxylic acids is 1. The number of rotatable bonds is 9. The molecule has 0 N–H and O–H groups in total. The lowest BCUT2D eigenvalue weighted by atomic mass is 10.1. The van der Waals surface area contributed by atoms with Gasteiger partial charge in [-0.2, -0.15) is 0 Å². The molecule has 2 aliphatic rings. The molecule has 36 heavy (non-hydrogen) atoms. The van der Waals surface area contributed by atoms with Gasteiger partial charge in [-0.1, -0.05) is 36.4 Å². The van der Waals surface area contributed by atoms with Gasteiger partial charge in [-0.15, -0.1) is 0 Å². The molecule has 188 valence electrons. The van der Waals surface area contributed by atoms with E-state index in [0.29, 0.717) is 38.5 Å². The monoisotopic (exact) mass is 488 g/mol. The second-order valence-corrected chi connectivity index (χ2v) is 8.99. The van der Waals surface area contributed by atoms with Crippen LogP contribution in [0.25, 0.3) is 0 Å². The molecule has 7 heteroatoms. The van der Waals surface area contributed by atoms with E-state index in [1.807, 2.05) is 72.5 Å². The highest BCUT2D eigenvalue weighted by Crippen LogP contribution is 2.33. The largest absolute Gasteiger partial charge is 0.494 e. The third-order valence-electron chi connectivity index (χ3n) is 6.48. The smallest absolute Gasteiger partial charge is 0.253 e. The van der Waals surface area contributed by atoms with Crippen molar-refractivity contribution in [1.82, 2.24) is 9.80 Å². The Balaban J connectivity index is 1.18. The molecule has 5 rings (SSSR count). The number of benzene rings is 3. The predicted octanol–water partition coefficient (Wildman–Crippen LogP) is 4.49. The Kier molecular flexibility index (Phi) is 7.69. The lowest BCUT2D eigenvalue weighted by Crippen LogP contribution is -2.48. The van der Waals surface area contributed by atoms with Crippen LogP contribution in [0.5, 0.6) is 17.2 Å². The van der Waals surface area contributed by atoms with Crippen LogP contribution in [0.4, 0.5) is 0 Å². The van der Waals surface area contributed by atoms with Crippen LogP contribution in [0.15, 0.2) is 66.7 Å². The zero-order valence-corrected chi connectivity index (χ0v) is 20.7. The summed E-state index contributed by atoms with van der Waals surface area (Å²) in [6, 6.07) is 21.8. The van der Waals surface area contributed by atoms with E-state index in [9.17, 15) is 4.79 Å². The Hall–Kier alpha value is -3.55. The first-order valence-electron chi connectivity index (χ1n) is 12.5. The third-order valence-corrected chi connectivity index (χ3v) is 6.48. The van der Waals surface area contributed by atoms with Gasteiger partial charge in [0.1, 0.15) is 5.75 Å². The van der Waals surface area contributed by atoms with Crippen molar-refractivity contribution in [3.05, 3.63) is 89.0 Å². The Morgan fingerprint density at radius 2 is 1.67 bits per heavy atom. The first-order valence-corrected chi connectivity index (χ1v) is 12.5. The van der Waals surface area contributed by atoms with Gasteiger partial charge in [-0.3, -0.25) is 9.69 Å². The summed E-state index contributed by atoms with van der Waals surface area (Å²) in [5.74, 6) is 2.41. The van der Waals surface area contributed by atoms with Crippen molar-refractivity contribution in [1.29, 1.82) is 0 Å². The number of hydrogen-bond donors (Lipinski definition) is 0. The summed E-state index contributed by atoms with van der Waals surface area (Å²) in [6.45, 7) is 7.55. The van der Waals surface area contributed by atoms with Gasteiger partial charge in [0.25, 0.3) is 5.91 Å². The molecule has 0 aliphatic carbocycles. The Morgan fingerprint density at radius 3 is 2.47 bits per heavy atom. The number of nitrogens with zero attached hydrogens (tertiary/aromatic N) is 2. The maximum atomic E-state index is 13.3. The molecule has 0 bridgehead atoms. The number of ether oxygens (including phenoxy) is 4. The summed E-state index contributed by atoms with van der Waals surface area (Å²) in [5.41, 5.74) is 3.85. The summed E-state index contributed by atoms with van der Waals surface area (Å²) >= 11 is 0. The van der Waals surface area contributed by atoms with E-state index in [4.69, 9.17) is 18.9 Å².